The molecule has 1 aliphatic rings. The predicted molar refractivity (Wildman–Crippen MR) is 105 cm³/mol. The number of thiophene rings is 1. The molecule has 0 bridgehead atoms. The zero-order valence-electron chi connectivity index (χ0n) is 15.4. The summed E-state index contributed by atoms with van der Waals surface area (Å²) < 4.78 is 5.55. The van der Waals surface area contributed by atoms with Gasteiger partial charge in [0.1, 0.15) is 5.76 Å². The van der Waals surface area contributed by atoms with E-state index in [1.807, 2.05) is 37.4 Å². The third kappa shape index (κ3) is 4.12. The van der Waals surface area contributed by atoms with Gasteiger partial charge in [-0.05, 0) is 31.7 Å². The van der Waals surface area contributed by atoms with E-state index in [2.05, 4.69) is 0 Å². The molecule has 2 heterocycles. The molecule has 1 aliphatic heterocycles. The summed E-state index contributed by atoms with van der Waals surface area (Å²) in [5.74, 6) is -1.34. The van der Waals surface area contributed by atoms with Crippen molar-refractivity contribution in [1.82, 2.24) is 4.90 Å². The van der Waals surface area contributed by atoms with Crippen molar-refractivity contribution in [3.05, 3.63) is 63.9 Å². The lowest BCUT2D eigenvalue weighted by atomic mass is 10.00. The Bertz CT molecular complexity index is 827. The first kappa shape index (κ1) is 19.3. The first-order valence-corrected chi connectivity index (χ1v) is 9.87. The van der Waals surface area contributed by atoms with E-state index in [4.69, 9.17) is 4.74 Å². The Labute approximate surface area is 162 Å². The standard InChI is InChI=1S/C21H23NO4S/c1-14(2)26-12-7-11-22-18(16-10-6-13-27-16)17(20(24)21(22)25)19(23)15-8-4-3-5-9-15/h3-6,8-10,13-14,18,23H,7,11-12H2,1-2H3/t18-/m0/s1. The molecule has 3 rings (SSSR count). The van der Waals surface area contributed by atoms with Gasteiger partial charge in [0, 0.05) is 23.6 Å². The monoisotopic (exact) mass is 385 g/mol. The molecule has 0 aliphatic carbocycles. The molecule has 1 amide bonds. The maximum absolute atomic E-state index is 12.7. The normalized spacial score (nSPS) is 19.2. The number of ether oxygens (including phenoxy) is 1. The number of aliphatic hydroxyl groups is 1. The molecular weight excluding hydrogens is 362 g/mol. The lowest BCUT2D eigenvalue weighted by Gasteiger charge is -2.24. The molecule has 0 spiro atoms. The first-order valence-electron chi connectivity index (χ1n) is 8.99. The van der Waals surface area contributed by atoms with Crippen molar-refractivity contribution in [2.24, 2.45) is 0 Å². The van der Waals surface area contributed by atoms with Crippen LogP contribution in [0.15, 0.2) is 53.4 Å². The lowest BCUT2D eigenvalue weighted by Crippen LogP contribution is -2.31. The number of nitrogens with zero attached hydrogens (tertiary/aromatic N) is 1. The highest BCUT2D eigenvalue weighted by molar-refractivity contribution is 7.10. The number of carbonyl (C=O) groups excluding carboxylic acids is 2. The average molecular weight is 385 g/mol. The molecule has 1 N–H and O–H groups in total. The van der Waals surface area contributed by atoms with Gasteiger partial charge in [-0.15, -0.1) is 11.3 Å². The number of aliphatic hydroxyl groups excluding tert-OH is 1. The fraction of sp³-hybridized carbons (Fsp3) is 0.333. The van der Waals surface area contributed by atoms with E-state index in [9.17, 15) is 14.7 Å². The summed E-state index contributed by atoms with van der Waals surface area (Å²) in [4.78, 5) is 27.8. The lowest BCUT2D eigenvalue weighted by molar-refractivity contribution is -0.140. The van der Waals surface area contributed by atoms with E-state index in [1.165, 1.54) is 11.3 Å². The smallest absolute Gasteiger partial charge is 0.295 e. The van der Waals surface area contributed by atoms with Gasteiger partial charge in [0.2, 0.25) is 0 Å². The number of benzene rings is 1. The fourth-order valence-corrected chi connectivity index (χ4v) is 4.00. The number of hydrogen-bond acceptors (Lipinski definition) is 5. The molecule has 2 aromatic rings. The molecule has 1 fully saturated rings. The molecule has 27 heavy (non-hydrogen) atoms. The van der Waals surface area contributed by atoms with Crippen molar-refractivity contribution >= 4 is 28.8 Å². The Kier molecular flexibility index (Phi) is 6.08. The maximum atomic E-state index is 12.7. The summed E-state index contributed by atoms with van der Waals surface area (Å²) in [7, 11) is 0. The zero-order chi connectivity index (χ0) is 19.4. The zero-order valence-corrected chi connectivity index (χ0v) is 16.2. The van der Waals surface area contributed by atoms with Crippen molar-refractivity contribution < 1.29 is 19.4 Å². The van der Waals surface area contributed by atoms with E-state index >= 15 is 0 Å². The minimum Gasteiger partial charge on any atom is -0.507 e. The topological polar surface area (TPSA) is 66.8 Å². The van der Waals surface area contributed by atoms with Crippen molar-refractivity contribution in [3.8, 4) is 0 Å². The summed E-state index contributed by atoms with van der Waals surface area (Å²) >= 11 is 1.47. The minimum absolute atomic E-state index is 0.117. The highest BCUT2D eigenvalue weighted by Crippen LogP contribution is 2.40. The van der Waals surface area contributed by atoms with Gasteiger partial charge in [0.05, 0.1) is 17.7 Å². The van der Waals surface area contributed by atoms with Crippen LogP contribution in [0.25, 0.3) is 5.76 Å². The van der Waals surface area contributed by atoms with Crippen molar-refractivity contribution in [2.75, 3.05) is 13.2 Å². The molecule has 1 saturated heterocycles. The number of carbonyl (C=O) groups is 2. The van der Waals surface area contributed by atoms with Crippen LogP contribution in [0.4, 0.5) is 0 Å². The number of amides is 1. The SMILES string of the molecule is CC(C)OCCCN1C(=O)C(=O)C(=C(O)c2ccccc2)[C@@H]1c1cccs1. The molecule has 6 heteroatoms. The van der Waals surface area contributed by atoms with Gasteiger partial charge in [-0.25, -0.2) is 0 Å². The van der Waals surface area contributed by atoms with Gasteiger partial charge in [0.25, 0.3) is 11.7 Å². The molecule has 142 valence electrons. The first-order chi connectivity index (χ1) is 13.0. The summed E-state index contributed by atoms with van der Waals surface area (Å²) in [6.07, 6.45) is 0.741. The molecule has 1 atom stereocenters. The van der Waals surface area contributed by atoms with Gasteiger partial charge in [0.15, 0.2) is 0 Å². The Morgan fingerprint density at radius 1 is 1.19 bits per heavy atom. The molecule has 5 nitrogen and oxygen atoms in total. The Balaban J connectivity index is 1.95. The van der Waals surface area contributed by atoms with Crippen molar-refractivity contribution in [2.45, 2.75) is 32.4 Å². The number of rotatable bonds is 7. The van der Waals surface area contributed by atoms with Crippen LogP contribution in [0, 0.1) is 0 Å². The molecule has 0 unspecified atom stereocenters. The van der Waals surface area contributed by atoms with Crippen LogP contribution in [0.3, 0.4) is 0 Å². The third-order valence-electron chi connectivity index (χ3n) is 4.39. The molecule has 0 radical (unpaired) electrons. The number of Topliss-reactive ketones (excluding diaryl/α,β-unsaturated/α-hetero) is 1. The number of likely N-dealkylation sites (tertiary alicyclic amines) is 1. The summed E-state index contributed by atoms with van der Waals surface area (Å²) in [5.41, 5.74) is 0.679. The van der Waals surface area contributed by atoms with Crippen LogP contribution in [0.5, 0.6) is 0 Å². The van der Waals surface area contributed by atoms with Crippen LogP contribution < -0.4 is 0 Å². The van der Waals surface area contributed by atoms with Crippen LogP contribution in [-0.4, -0.2) is 41.0 Å². The quantitative estimate of drug-likeness (QED) is 0.339. The van der Waals surface area contributed by atoms with Crippen molar-refractivity contribution in [1.29, 1.82) is 0 Å². The highest BCUT2D eigenvalue weighted by Gasteiger charge is 2.46. The van der Waals surface area contributed by atoms with E-state index in [0.29, 0.717) is 25.1 Å². The van der Waals surface area contributed by atoms with Gasteiger partial charge in [-0.3, -0.25) is 9.59 Å². The van der Waals surface area contributed by atoms with Crippen molar-refractivity contribution in [3.63, 3.8) is 0 Å². The van der Waals surface area contributed by atoms with E-state index < -0.39 is 17.7 Å². The van der Waals surface area contributed by atoms with E-state index in [-0.39, 0.29) is 17.4 Å². The van der Waals surface area contributed by atoms with Crippen LogP contribution in [-0.2, 0) is 14.3 Å². The highest BCUT2D eigenvalue weighted by atomic mass is 32.1. The van der Waals surface area contributed by atoms with E-state index in [1.54, 1.807) is 29.2 Å². The summed E-state index contributed by atoms with van der Waals surface area (Å²) in [6, 6.07) is 12.1. The fourth-order valence-electron chi connectivity index (χ4n) is 3.16. The van der Waals surface area contributed by atoms with Gasteiger partial charge in [-0.1, -0.05) is 36.4 Å². The molecular formula is C21H23NO4S. The minimum atomic E-state index is -0.639. The summed E-state index contributed by atoms with van der Waals surface area (Å²) in [5, 5.41) is 12.7. The maximum Gasteiger partial charge on any atom is 0.295 e. The van der Waals surface area contributed by atoms with Gasteiger partial charge < -0.3 is 14.7 Å². The number of ketones is 1. The second-order valence-corrected chi connectivity index (χ2v) is 7.63. The van der Waals surface area contributed by atoms with Crippen LogP contribution in [0.2, 0.25) is 0 Å². The summed E-state index contributed by atoms with van der Waals surface area (Å²) in [6.45, 7) is 4.82. The van der Waals surface area contributed by atoms with Crippen LogP contribution in [0.1, 0.15) is 36.8 Å². The van der Waals surface area contributed by atoms with Crippen LogP contribution >= 0.6 is 11.3 Å². The third-order valence-corrected chi connectivity index (χ3v) is 5.32. The average Bonchev–Trinajstić information content (AvgIpc) is 3.27. The Morgan fingerprint density at radius 2 is 1.93 bits per heavy atom. The largest absolute Gasteiger partial charge is 0.507 e. The number of hydrogen-bond donors (Lipinski definition) is 1. The second-order valence-electron chi connectivity index (χ2n) is 6.65. The van der Waals surface area contributed by atoms with E-state index in [0.717, 1.165) is 4.88 Å². The van der Waals surface area contributed by atoms with Gasteiger partial charge in [-0.2, -0.15) is 0 Å². The molecule has 0 saturated carbocycles. The van der Waals surface area contributed by atoms with Gasteiger partial charge >= 0.3 is 0 Å². The Morgan fingerprint density at radius 3 is 2.56 bits per heavy atom. The molecule has 1 aromatic carbocycles. The Hall–Kier alpha value is -2.44. The predicted octanol–water partition coefficient (Wildman–Crippen LogP) is 3.98. The second kappa shape index (κ2) is 8.50. The molecule has 1 aromatic heterocycles.